The second-order valence-corrected chi connectivity index (χ2v) is 7.56. The molecule has 5 nitrogen and oxygen atoms in total. The highest BCUT2D eigenvalue weighted by Crippen LogP contribution is 2.40. The minimum absolute atomic E-state index is 0.0664. The Hall–Kier alpha value is -3.60. The molecule has 0 spiro atoms. The van der Waals surface area contributed by atoms with E-state index in [9.17, 15) is 14.7 Å². The molecule has 4 rings (SSSR count). The summed E-state index contributed by atoms with van der Waals surface area (Å²) in [6.07, 6.45) is 2.10. The Morgan fingerprint density at radius 2 is 1.80 bits per heavy atom. The number of aliphatic hydroxyl groups is 1. The van der Waals surface area contributed by atoms with Gasteiger partial charge < -0.3 is 14.4 Å². The number of carbonyl (C=O) groups excluding carboxylic acids is 2. The van der Waals surface area contributed by atoms with Crippen molar-refractivity contribution in [3.63, 3.8) is 0 Å². The van der Waals surface area contributed by atoms with Crippen molar-refractivity contribution in [2.75, 3.05) is 6.54 Å². The topological polar surface area (TPSA) is 70.8 Å². The Bertz CT molecular complexity index is 1110. The van der Waals surface area contributed by atoms with Crippen LogP contribution in [0.25, 0.3) is 5.76 Å². The summed E-state index contributed by atoms with van der Waals surface area (Å²) in [7, 11) is 0. The quantitative estimate of drug-likeness (QED) is 0.386. The molecule has 2 aromatic carbocycles. The van der Waals surface area contributed by atoms with Gasteiger partial charge in [-0.25, -0.2) is 0 Å². The monoisotopic (exact) mass is 401 g/mol. The van der Waals surface area contributed by atoms with E-state index in [2.05, 4.69) is 0 Å². The van der Waals surface area contributed by atoms with Gasteiger partial charge in [0.2, 0.25) is 0 Å². The molecule has 1 aliphatic rings. The molecule has 1 N–H and O–H groups in total. The first-order chi connectivity index (χ1) is 14.5. The first-order valence-electron chi connectivity index (χ1n) is 9.90. The molecule has 30 heavy (non-hydrogen) atoms. The Kier molecular flexibility index (Phi) is 5.27. The highest BCUT2D eigenvalue weighted by atomic mass is 16.3. The predicted octanol–water partition coefficient (Wildman–Crippen LogP) is 4.56. The molecule has 5 heteroatoms. The number of ketones is 1. The molecule has 0 saturated carbocycles. The van der Waals surface area contributed by atoms with Crippen molar-refractivity contribution < 1.29 is 19.1 Å². The van der Waals surface area contributed by atoms with Crippen molar-refractivity contribution in [1.82, 2.24) is 4.90 Å². The van der Waals surface area contributed by atoms with Gasteiger partial charge in [0, 0.05) is 12.1 Å². The molecule has 0 bridgehead atoms. The van der Waals surface area contributed by atoms with Gasteiger partial charge in [0.15, 0.2) is 0 Å². The van der Waals surface area contributed by atoms with Gasteiger partial charge in [-0.1, -0.05) is 48.0 Å². The normalized spacial score (nSPS) is 18.2. The Labute approximate surface area is 175 Å². The van der Waals surface area contributed by atoms with Gasteiger partial charge in [-0.3, -0.25) is 9.59 Å². The molecule has 1 aliphatic heterocycles. The summed E-state index contributed by atoms with van der Waals surface area (Å²) >= 11 is 0. The standard InChI is InChI=1S/C25H23NO4/c1-16-10-11-17(2)19(15-16)23(27)21-22(20-9-6-14-30-20)26(25(29)24(21)28)13-12-18-7-4-3-5-8-18/h3-11,14-15,22,27H,12-13H2,1-2H3/b23-21+. The SMILES string of the molecule is Cc1ccc(C)c(/C(O)=C2\C(=O)C(=O)N(CCc3ccccc3)C2c2ccco2)c1. The van der Waals surface area contributed by atoms with E-state index in [1.165, 1.54) is 11.2 Å². The molecular formula is C25H23NO4. The maximum atomic E-state index is 13.0. The highest BCUT2D eigenvalue weighted by Gasteiger charge is 2.47. The van der Waals surface area contributed by atoms with Gasteiger partial charge in [0.05, 0.1) is 11.8 Å². The van der Waals surface area contributed by atoms with Gasteiger partial charge >= 0.3 is 0 Å². The van der Waals surface area contributed by atoms with E-state index in [1.54, 1.807) is 12.1 Å². The van der Waals surface area contributed by atoms with Crippen molar-refractivity contribution in [2.24, 2.45) is 0 Å². The third kappa shape index (κ3) is 3.54. The van der Waals surface area contributed by atoms with Crippen LogP contribution < -0.4 is 0 Å². The number of hydrogen-bond acceptors (Lipinski definition) is 4. The third-order valence-corrected chi connectivity index (χ3v) is 5.49. The van der Waals surface area contributed by atoms with E-state index in [0.717, 1.165) is 16.7 Å². The fraction of sp³-hybridized carbons (Fsp3) is 0.200. The molecule has 1 fully saturated rings. The number of hydrogen-bond donors (Lipinski definition) is 1. The van der Waals surface area contributed by atoms with E-state index >= 15 is 0 Å². The number of carbonyl (C=O) groups is 2. The number of furan rings is 1. The smallest absolute Gasteiger partial charge is 0.295 e. The lowest BCUT2D eigenvalue weighted by molar-refractivity contribution is -0.140. The zero-order chi connectivity index (χ0) is 21.3. The summed E-state index contributed by atoms with van der Waals surface area (Å²) in [5.41, 5.74) is 3.46. The maximum absolute atomic E-state index is 13.0. The Balaban J connectivity index is 1.78. The van der Waals surface area contributed by atoms with Crippen molar-refractivity contribution >= 4 is 17.4 Å². The van der Waals surface area contributed by atoms with Crippen LogP contribution in [-0.2, 0) is 16.0 Å². The van der Waals surface area contributed by atoms with Crippen LogP contribution in [0, 0.1) is 13.8 Å². The summed E-state index contributed by atoms with van der Waals surface area (Å²) in [6.45, 7) is 4.12. The predicted molar refractivity (Wildman–Crippen MR) is 114 cm³/mol. The van der Waals surface area contributed by atoms with Crippen LogP contribution in [0.5, 0.6) is 0 Å². The van der Waals surface area contributed by atoms with Crippen LogP contribution in [0.1, 0.15) is 34.1 Å². The average Bonchev–Trinajstić information content (AvgIpc) is 3.36. The number of nitrogens with zero attached hydrogens (tertiary/aromatic N) is 1. The van der Waals surface area contributed by atoms with Crippen molar-refractivity contribution in [3.8, 4) is 0 Å². The largest absolute Gasteiger partial charge is 0.507 e. The molecule has 0 aliphatic carbocycles. The summed E-state index contributed by atoms with van der Waals surface area (Å²) in [6, 6.07) is 18.1. The van der Waals surface area contributed by atoms with Crippen LogP contribution >= 0.6 is 0 Å². The molecule has 1 aromatic heterocycles. The number of amides is 1. The second-order valence-electron chi connectivity index (χ2n) is 7.56. The van der Waals surface area contributed by atoms with Crippen LogP contribution in [-0.4, -0.2) is 28.2 Å². The van der Waals surface area contributed by atoms with Crippen molar-refractivity contribution in [1.29, 1.82) is 0 Å². The fourth-order valence-corrected chi connectivity index (χ4v) is 3.88. The number of aryl methyl sites for hydroxylation is 2. The lowest BCUT2D eigenvalue weighted by Crippen LogP contribution is -2.31. The van der Waals surface area contributed by atoms with Crippen LogP contribution in [0.15, 0.2) is 76.9 Å². The van der Waals surface area contributed by atoms with Crippen LogP contribution in [0.3, 0.4) is 0 Å². The van der Waals surface area contributed by atoms with Crippen molar-refractivity contribution in [3.05, 3.63) is 101 Å². The van der Waals surface area contributed by atoms with E-state index in [0.29, 0.717) is 24.3 Å². The zero-order valence-electron chi connectivity index (χ0n) is 17.0. The molecule has 1 atom stereocenters. The maximum Gasteiger partial charge on any atom is 0.295 e. The number of benzene rings is 2. The summed E-state index contributed by atoms with van der Waals surface area (Å²) in [5, 5.41) is 11.1. The first-order valence-corrected chi connectivity index (χ1v) is 9.90. The van der Waals surface area contributed by atoms with Gasteiger partial charge in [-0.15, -0.1) is 0 Å². The minimum Gasteiger partial charge on any atom is -0.507 e. The zero-order valence-corrected chi connectivity index (χ0v) is 17.0. The Morgan fingerprint density at radius 1 is 1.03 bits per heavy atom. The molecule has 2 heterocycles. The highest BCUT2D eigenvalue weighted by molar-refractivity contribution is 6.46. The van der Waals surface area contributed by atoms with Crippen LogP contribution in [0.2, 0.25) is 0 Å². The van der Waals surface area contributed by atoms with Gasteiger partial charge in [-0.2, -0.15) is 0 Å². The number of rotatable bonds is 5. The van der Waals surface area contributed by atoms with E-state index < -0.39 is 17.7 Å². The molecule has 1 amide bonds. The Morgan fingerprint density at radius 3 is 2.50 bits per heavy atom. The molecular weight excluding hydrogens is 378 g/mol. The third-order valence-electron chi connectivity index (χ3n) is 5.49. The summed E-state index contributed by atoms with van der Waals surface area (Å²) < 4.78 is 5.58. The average molecular weight is 401 g/mol. The number of aliphatic hydroxyl groups excluding tert-OH is 1. The van der Waals surface area contributed by atoms with Crippen molar-refractivity contribution in [2.45, 2.75) is 26.3 Å². The van der Waals surface area contributed by atoms with Gasteiger partial charge in [0.1, 0.15) is 17.6 Å². The van der Waals surface area contributed by atoms with E-state index in [4.69, 9.17) is 4.42 Å². The summed E-state index contributed by atoms with van der Waals surface area (Å²) in [5.74, 6) is -1.03. The molecule has 1 saturated heterocycles. The number of Topliss-reactive ketones (excluding diaryl/α,β-unsaturated/α-hetero) is 1. The van der Waals surface area contributed by atoms with Gasteiger partial charge in [0.25, 0.3) is 11.7 Å². The number of likely N-dealkylation sites (tertiary alicyclic amines) is 1. The lowest BCUT2D eigenvalue weighted by atomic mass is 9.96. The second kappa shape index (κ2) is 8.03. The molecule has 152 valence electrons. The lowest BCUT2D eigenvalue weighted by Gasteiger charge is -2.23. The first kappa shape index (κ1) is 19.7. The molecule has 3 aromatic rings. The molecule has 0 radical (unpaired) electrons. The molecule has 1 unspecified atom stereocenters. The summed E-state index contributed by atoms with van der Waals surface area (Å²) in [4.78, 5) is 27.4. The minimum atomic E-state index is -0.761. The van der Waals surface area contributed by atoms with Crippen LogP contribution in [0.4, 0.5) is 0 Å². The fourth-order valence-electron chi connectivity index (χ4n) is 3.88. The van der Waals surface area contributed by atoms with Gasteiger partial charge in [-0.05, 0) is 49.6 Å². The van der Waals surface area contributed by atoms with E-state index in [1.807, 2.05) is 62.4 Å². The van der Waals surface area contributed by atoms with E-state index in [-0.39, 0.29) is 11.3 Å².